The summed E-state index contributed by atoms with van der Waals surface area (Å²) in [7, 11) is -4.74. The second kappa shape index (κ2) is 9.25. The van der Waals surface area contributed by atoms with E-state index in [0.29, 0.717) is 5.56 Å². The number of sulfonamides is 1. The van der Waals surface area contributed by atoms with E-state index in [4.69, 9.17) is 9.47 Å². The van der Waals surface area contributed by atoms with E-state index in [-0.39, 0.29) is 13.4 Å². The van der Waals surface area contributed by atoms with E-state index in [2.05, 4.69) is 9.46 Å². The molecule has 2 heterocycles. The highest BCUT2D eigenvalue weighted by Gasteiger charge is 2.68. The standard InChI is InChI=1S/C19H24N2O9S2/c1-19(2)15(18(24)30-11-28-3)21-16(23)14(17(21)31(19)25)20-32(26,27)10-13(22)29-9-12-7-5-4-6-8-12/h4-8,14-15,17,20H,9-11H2,1-3H3/t14-,15+,17-,31?/m1/s1. The van der Waals surface area contributed by atoms with Gasteiger partial charge >= 0.3 is 11.9 Å². The van der Waals surface area contributed by atoms with Crippen molar-refractivity contribution in [2.45, 2.75) is 42.7 Å². The van der Waals surface area contributed by atoms with Gasteiger partial charge in [0, 0.05) is 7.11 Å². The largest absolute Gasteiger partial charge is 0.460 e. The van der Waals surface area contributed by atoms with Crippen LogP contribution in [0.15, 0.2) is 30.3 Å². The summed E-state index contributed by atoms with van der Waals surface area (Å²) in [6.45, 7) is 2.61. The Labute approximate surface area is 187 Å². The van der Waals surface area contributed by atoms with E-state index >= 15 is 0 Å². The number of β-lactam (4-membered cyclic amide) rings is 1. The molecule has 2 aliphatic heterocycles. The van der Waals surface area contributed by atoms with Crippen LogP contribution < -0.4 is 4.72 Å². The van der Waals surface area contributed by atoms with Crippen molar-refractivity contribution in [1.82, 2.24) is 9.62 Å². The summed E-state index contributed by atoms with van der Waals surface area (Å²) in [4.78, 5) is 38.1. The monoisotopic (exact) mass is 488 g/mol. The molecule has 2 aliphatic rings. The van der Waals surface area contributed by atoms with E-state index in [1.54, 1.807) is 30.3 Å². The molecule has 0 aromatic heterocycles. The van der Waals surface area contributed by atoms with Crippen LogP contribution in [-0.4, -0.2) is 77.2 Å². The molecule has 176 valence electrons. The number of carbonyl (C=O) groups is 3. The molecule has 2 saturated heterocycles. The van der Waals surface area contributed by atoms with Gasteiger partial charge in [0.05, 0.1) is 15.5 Å². The van der Waals surface area contributed by atoms with Crippen LogP contribution in [0.25, 0.3) is 0 Å². The van der Waals surface area contributed by atoms with Gasteiger partial charge in [0.2, 0.25) is 15.9 Å². The number of methoxy groups -OCH3 is 1. The predicted molar refractivity (Wildman–Crippen MR) is 112 cm³/mol. The second-order valence-corrected chi connectivity index (χ2v) is 11.7. The smallest absolute Gasteiger partial charge is 0.332 e. The third-order valence-electron chi connectivity index (χ3n) is 5.15. The lowest BCUT2D eigenvalue weighted by Crippen LogP contribution is -2.71. The summed E-state index contributed by atoms with van der Waals surface area (Å²) in [6.07, 6.45) is 0. The van der Waals surface area contributed by atoms with Crippen LogP contribution in [0.3, 0.4) is 0 Å². The third-order valence-corrected chi connectivity index (χ3v) is 8.58. The molecule has 0 radical (unpaired) electrons. The van der Waals surface area contributed by atoms with Gasteiger partial charge in [-0.15, -0.1) is 0 Å². The fourth-order valence-electron chi connectivity index (χ4n) is 3.62. The number of hydrogen-bond donors (Lipinski definition) is 1. The highest BCUT2D eigenvalue weighted by Crippen LogP contribution is 2.44. The van der Waals surface area contributed by atoms with Gasteiger partial charge in [-0.1, -0.05) is 30.3 Å². The first-order chi connectivity index (χ1) is 15.0. The van der Waals surface area contributed by atoms with E-state index in [9.17, 15) is 27.0 Å². The lowest BCUT2D eigenvalue weighted by Gasteiger charge is -2.43. The van der Waals surface area contributed by atoms with Gasteiger partial charge in [0.15, 0.2) is 12.5 Å². The van der Waals surface area contributed by atoms with Gasteiger partial charge in [-0.05, 0) is 19.4 Å². The van der Waals surface area contributed by atoms with Gasteiger partial charge in [-0.2, -0.15) is 4.72 Å². The zero-order valence-corrected chi connectivity index (χ0v) is 19.3. The summed E-state index contributed by atoms with van der Waals surface area (Å²) in [5, 5.41) is -1.06. The number of rotatable bonds is 9. The Balaban J connectivity index is 1.64. The Morgan fingerprint density at radius 3 is 2.47 bits per heavy atom. The number of carbonyl (C=O) groups excluding carboxylic acids is 3. The first-order valence-electron chi connectivity index (χ1n) is 9.57. The Kier molecular flexibility index (Phi) is 7.03. The minimum absolute atomic E-state index is 0.0998. The Hall–Kier alpha value is -2.35. The normalized spacial score (nSPS) is 26.2. The van der Waals surface area contributed by atoms with Crippen molar-refractivity contribution < 1.29 is 41.2 Å². The number of hydrogen-bond acceptors (Lipinski definition) is 9. The molecule has 1 unspecified atom stereocenters. The van der Waals surface area contributed by atoms with E-state index in [0.717, 1.165) is 4.90 Å². The van der Waals surface area contributed by atoms with Crippen molar-refractivity contribution in [2.75, 3.05) is 19.7 Å². The number of nitrogens with one attached hydrogen (secondary N) is 1. The van der Waals surface area contributed by atoms with Crippen LogP contribution >= 0.6 is 0 Å². The topological polar surface area (TPSA) is 145 Å². The molecule has 0 spiro atoms. The Morgan fingerprint density at radius 1 is 1.19 bits per heavy atom. The molecule has 2 fully saturated rings. The van der Waals surface area contributed by atoms with Crippen molar-refractivity contribution in [3.05, 3.63) is 35.9 Å². The molecule has 1 aromatic rings. The van der Waals surface area contributed by atoms with Crippen LogP contribution in [-0.2, 0) is 56.0 Å². The molecule has 0 aliphatic carbocycles. The van der Waals surface area contributed by atoms with Gasteiger partial charge in [0.1, 0.15) is 24.1 Å². The fourth-order valence-corrected chi connectivity index (χ4v) is 6.71. The van der Waals surface area contributed by atoms with Crippen LogP contribution in [0.1, 0.15) is 19.4 Å². The SMILES string of the molecule is COCOC(=O)[C@@H]1N2C(=O)[C@@H](NS(=O)(=O)CC(=O)OCc3ccccc3)[C@H]2S(=O)C1(C)C. The number of ether oxygens (including phenoxy) is 3. The Bertz CT molecular complexity index is 1030. The van der Waals surface area contributed by atoms with Crippen LogP contribution in [0, 0.1) is 0 Å². The van der Waals surface area contributed by atoms with Gasteiger partial charge in [0.25, 0.3) is 0 Å². The van der Waals surface area contributed by atoms with E-state index in [1.807, 2.05) is 0 Å². The Morgan fingerprint density at radius 2 is 1.84 bits per heavy atom. The van der Waals surface area contributed by atoms with Crippen molar-refractivity contribution in [2.24, 2.45) is 0 Å². The van der Waals surface area contributed by atoms with Crippen LogP contribution in [0.2, 0.25) is 0 Å². The second-order valence-electron chi connectivity index (χ2n) is 7.81. The van der Waals surface area contributed by atoms with Crippen molar-refractivity contribution >= 4 is 38.7 Å². The summed E-state index contributed by atoms with van der Waals surface area (Å²) < 4.78 is 53.3. The number of nitrogens with zero attached hydrogens (tertiary/aromatic N) is 1. The molecule has 1 amide bonds. The quantitative estimate of drug-likeness (QED) is 0.269. The molecular formula is C19H24N2O9S2. The van der Waals surface area contributed by atoms with Crippen LogP contribution in [0.5, 0.6) is 0 Å². The number of amides is 1. The van der Waals surface area contributed by atoms with Crippen LogP contribution in [0.4, 0.5) is 0 Å². The highest BCUT2D eigenvalue weighted by atomic mass is 32.2. The van der Waals surface area contributed by atoms with Gasteiger partial charge < -0.3 is 19.1 Å². The zero-order valence-electron chi connectivity index (χ0n) is 17.7. The third kappa shape index (κ3) is 4.70. The minimum Gasteiger partial charge on any atom is -0.460 e. The molecule has 1 aromatic carbocycles. The molecule has 0 bridgehead atoms. The first kappa shape index (κ1) is 24.3. The summed E-state index contributed by atoms with van der Waals surface area (Å²) in [6, 6.07) is 6.19. The lowest BCUT2D eigenvalue weighted by atomic mass is 9.96. The lowest BCUT2D eigenvalue weighted by molar-refractivity contribution is -0.170. The maximum Gasteiger partial charge on any atom is 0.332 e. The summed E-state index contributed by atoms with van der Waals surface area (Å²) in [5.74, 6) is -3.54. The van der Waals surface area contributed by atoms with Gasteiger partial charge in [-0.25, -0.2) is 13.2 Å². The number of esters is 2. The maximum absolute atomic E-state index is 13.0. The minimum atomic E-state index is -4.27. The van der Waals surface area contributed by atoms with Crippen molar-refractivity contribution in [3.8, 4) is 0 Å². The average molecular weight is 489 g/mol. The summed E-state index contributed by atoms with van der Waals surface area (Å²) in [5.41, 5.74) is 0.686. The highest BCUT2D eigenvalue weighted by molar-refractivity contribution is 7.90. The van der Waals surface area contributed by atoms with Crippen molar-refractivity contribution in [3.63, 3.8) is 0 Å². The first-order valence-corrected chi connectivity index (χ1v) is 12.4. The van der Waals surface area contributed by atoms with Gasteiger partial charge in [-0.3, -0.25) is 13.8 Å². The fraction of sp³-hybridized carbons (Fsp3) is 0.526. The molecule has 11 nitrogen and oxygen atoms in total. The molecule has 32 heavy (non-hydrogen) atoms. The molecule has 3 rings (SSSR count). The zero-order chi connectivity index (χ0) is 23.7. The molecule has 13 heteroatoms. The van der Waals surface area contributed by atoms with E-state index in [1.165, 1.54) is 21.0 Å². The predicted octanol–water partition coefficient (Wildman–Crippen LogP) is -0.757. The molecule has 4 atom stereocenters. The molecular weight excluding hydrogens is 464 g/mol. The van der Waals surface area contributed by atoms with Crippen molar-refractivity contribution in [1.29, 1.82) is 0 Å². The number of benzene rings is 1. The maximum atomic E-state index is 13.0. The molecule has 1 N–H and O–H groups in total. The van der Waals surface area contributed by atoms with E-state index < -0.39 is 66.6 Å². The molecule has 0 saturated carbocycles. The average Bonchev–Trinajstić information content (AvgIpc) is 2.93. The summed E-state index contributed by atoms with van der Waals surface area (Å²) >= 11 is 0. The number of fused-ring (bicyclic) bond motifs is 1.